The van der Waals surface area contributed by atoms with Crippen LogP contribution in [0.1, 0.15) is 18.4 Å². The fourth-order valence-electron chi connectivity index (χ4n) is 2.60. The van der Waals surface area contributed by atoms with Gasteiger partial charge in [-0.05, 0) is 48.4 Å². The quantitative estimate of drug-likeness (QED) is 0.783. The zero-order chi connectivity index (χ0) is 16.4. The molecule has 3 rings (SSSR count). The first-order chi connectivity index (χ1) is 11.0. The molecule has 0 aliphatic carbocycles. The molecule has 7 heteroatoms. The van der Waals surface area contributed by atoms with Gasteiger partial charge >= 0.3 is 0 Å². The minimum absolute atomic E-state index is 0.0632. The first-order valence-electron chi connectivity index (χ1n) is 7.35. The van der Waals surface area contributed by atoms with E-state index in [9.17, 15) is 9.59 Å². The Labute approximate surface area is 147 Å². The van der Waals surface area contributed by atoms with Crippen molar-refractivity contribution >= 4 is 50.7 Å². The number of primary amides is 1. The number of aliphatic imine (C=N–C) groups is 1. The highest BCUT2D eigenvalue weighted by molar-refractivity contribution is 9.10. The van der Waals surface area contributed by atoms with E-state index in [0.717, 1.165) is 28.0 Å². The molecule has 0 spiro atoms. The number of hydrogen-bond acceptors (Lipinski definition) is 4. The highest BCUT2D eigenvalue weighted by Gasteiger charge is 2.30. The van der Waals surface area contributed by atoms with Crippen LogP contribution in [0.15, 0.2) is 38.6 Å². The standard InChI is InChI=1S/C16H16BrN3O2S/c17-12-3-1-10(2-4-12)9-13-15(22)19-16(23-13)20-7-5-11(6-8-20)14(18)21/h1-4,9,11H,5-8H2,(H2,18,21)/b13-9+. The largest absolute Gasteiger partial charge is 0.369 e. The highest BCUT2D eigenvalue weighted by Crippen LogP contribution is 2.32. The number of carbonyl (C=O) groups excluding carboxylic acids is 2. The van der Waals surface area contributed by atoms with Gasteiger partial charge in [-0.3, -0.25) is 9.59 Å². The van der Waals surface area contributed by atoms with Crippen molar-refractivity contribution in [2.75, 3.05) is 13.1 Å². The summed E-state index contributed by atoms with van der Waals surface area (Å²) in [6.45, 7) is 1.41. The smallest absolute Gasteiger partial charge is 0.286 e. The lowest BCUT2D eigenvalue weighted by molar-refractivity contribution is -0.123. The van der Waals surface area contributed by atoms with Crippen molar-refractivity contribution in [2.45, 2.75) is 12.8 Å². The van der Waals surface area contributed by atoms with Crippen LogP contribution < -0.4 is 5.73 Å². The maximum absolute atomic E-state index is 12.1. The maximum atomic E-state index is 12.1. The zero-order valence-corrected chi connectivity index (χ0v) is 14.8. The third-order valence-electron chi connectivity index (χ3n) is 3.94. The number of likely N-dealkylation sites (tertiary alicyclic amines) is 1. The number of rotatable bonds is 2. The number of nitrogens with two attached hydrogens (primary N) is 1. The van der Waals surface area contributed by atoms with Crippen molar-refractivity contribution in [2.24, 2.45) is 16.6 Å². The van der Waals surface area contributed by atoms with Crippen LogP contribution in [0.2, 0.25) is 0 Å². The summed E-state index contributed by atoms with van der Waals surface area (Å²) < 4.78 is 0.999. The maximum Gasteiger partial charge on any atom is 0.286 e. The number of benzene rings is 1. The molecule has 120 valence electrons. The van der Waals surface area contributed by atoms with E-state index in [0.29, 0.717) is 18.0 Å². The van der Waals surface area contributed by atoms with Gasteiger partial charge in [-0.15, -0.1) is 0 Å². The van der Waals surface area contributed by atoms with Crippen LogP contribution in [0.3, 0.4) is 0 Å². The number of piperidine rings is 1. The average molecular weight is 394 g/mol. The van der Waals surface area contributed by atoms with Gasteiger partial charge < -0.3 is 10.6 Å². The molecule has 0 saturated carbocycles. The van der Waals surface area contributed by atoms with Crippen molar-refractivity contribution in [3.8, 4) is 0 Å². The van der Waals surface area contributed by atoms with Crippen LogP contribution in [-0.4, -0.2) is 35.0 Å². The monoisotopic (exact) mass is 393 g/mol. The second-order valence-electron chi connectivity index (χ2n) is 5.53. The Hall–Kier alpha value is -1.60. The normalized spacial score (nSPS) is 20.9. The Bertz CT molecular complexity index is 692. The number of nitrogens with zero attached hydrogens (tertiary/aromatic N) is 2. The van der Waals surface area contributed by atoms with Gasteiger partial charge in [-0.25, -0.2) is 0 Å². The lowest BCUT2D eigenvalue weighted by Gasteiger charge is -2.31. The van der Waals surface area contributed by atoms with Gasteiger partial charge in [-0.1, -0.05) is 28.1 Å². The van der Waals surface area contributed by atoms with Crippen LogP contribution in [-0.2, 0) is 9.59 Å². The van der Waals surface area contributed by atoms with Crippen LogP contribution >= 0.6 is 27.7 Å². The summed E-state index contributed by atoms with van der Waals surface area (Å²) in [5.74, 6) is -0.505. The molecule has 2 N–H and O–H groups in total. The van der Waals surface area contributed by atoms with Crippen molar-refractivity contribution in [1.82, 2.24) is 4.90 Å². The van der Waals surface area contributed by atoms with Gasteiger partial charge in [0.05, 0.1) is 4.91 Å². The van der Waals surface area contributed by atoms with Crippen LogP contribution in [0.4, 0.5) is 0 Å². The Balaban J connectivity index is 1.66. The van der Waals surface area contributed by atoms with E-state index in [1.54, 1.807) is 0 Å². The van der Waals surface area contributed by atoms with Crippen LogP contribution in [0, 0.1) is 5.92 Å². The molecule has 0 radical (unpaired) electrons. The molecule has 1 aromatic rings. The highest BCUT2D eigenvalue weighted by atomic mass is 79.9. The molecule has 1 saturated heterocycles. The molecule has 0 aromatic heterocycles. The molecule has 0 bridgehead atoms. The van der Waals surface area contributed by atoms with Gasteiger partial charge in [0.2, 0.25) is 5.91 Å². The SMILES string of the molecule is NC(=O)C1CCN(C2=NC(=O)/C(=C\c3ccc(Br)cc3)S2)CC1. The molecule has 0 unspecified atom stereocenters. The van der Waals surface area contributed by atoms with E-state index < -0.39 is 0 Å². The third-order valence-corrected chi connectivity index (χ3v) is 5.52. The molecular weight excluding hydrogens is 378 g/mol. The first kappa shape index (κ1) is 16.3. The van der Waals surface area contributed by atoms with E-state index in [-0.39, 0.29) is 17.7 Å². The van der Waals surface area contributed by atoms with Crippen molar-refractivity contribution in [3.63, 3.8) is 0 Å². The molecular formula is C16H16BrN3O2S. The fourth-order valence-corrected chi connectivity index (χ4v) is 3.83. The number of amidine groups is 1. The molecule has 5 nitrogen and oxygen atoms in total. The zero-order valence-electron chi connectivity index (χ0n) is 12.4. The summed E-state index contributed by atoms with van der Waals surface area (Å²) in [6.07, 6.45) is 3.29. The molecule has 0 atom stereocenters. The van der Waals surface area contributed by atoms with E-state index in [1.165, 1.54) is 11.8 Å². The minimum atomic E-state index is -0.238. The summed E-state index contributed by atoms with van der Waals surface area (Å²) in [6, 6.07) is 7.77. The Morgan fingerprint density at radius 1 is 1.30 bits per heavy atom. The molecule has 2 aliphatic heterocycles. The van der Waals surface area contributed by atoms with Crippen molar-refractivity contribution < 1.29 is 9.59 Å². The predicted molar refractivity (Wildman–Crippen MR) is 95.6 cm³/mol. The summed E-state index contributed by atoms with van der Waals surface area (Å²) in [7, 11) is 0. The average Bonchev–Trinajstić information content (AvgIpc) is 2.91. The van der Waals surface area contributed by atoms with Crippen molar-refractivity contribution in [1.29, 1.82) is 0 Å². The van der Waals surface area contributed by atoms with Crippen LogP contribution in [0.5, 0.6) is 0 Å². The molecule has 2 heterocycles. The summed E-state index contributed by atoms with van der Waals surface area (Å²) in [5.41, 5.74) is 6.31. The van der Waals surface area contributed by atoms with Gasteiger partial charge in [-0.2, -0.15) is 4.99 Å². The topological polar surface area (TPSA) is 75.8 Å². The van der Waals surface area contributed by atoms with Crippen molar-refractivity contribution in [3.05, 3.63) is 39.2 Å². The van der Waals surface area contributed by atoms with E-state index in [2.05, 4.69) is 25.8 Å². The summed E-state index contributed by atoms with van der Waals surface area (Å²) in [4.78, 5) is 30.1. The number of amides is 2. The van der Waals surface area contributed by atoms with Gasteiger partial charge in [0.15, 0.2) is 5.17 Å². The Kier molecular flexibility index (Phi) is 4.87. The second kappa shape index (κ2) is 6.88. The van der Waals surface area contributed by atoms with Gasteiger partial charge in [0.25, 0.3) is 5.91 Å². The van der Waals surface area contributed by atoms with E-state index in [1.807, 2.05) is 30.3 Å². The van der Waals surface area contributed by atoms with Gasteiger partial charge in [0, 0.05) is 23.5 Å². The number of carbonyl (C=O) groups is 2. The lowest BCUT2D eigenvalue weighted by atomic mass is 9.97. The second-order valence-corrected chi connectivity index (χ2v) is 7.45. The lowest BCUT2D eigenvalue weighted by Crippen LogP contribution is -2.40. The number of halogens is 1. The molecule has 2 amide bonds. The summed E-state index contributed by atoms with van der Waals surface area (Å²) in [5, 5.41) is 0.723. The molecule has 2 aliphatic rings. The number of thioether (sulfide) groups is 1. The molecule has 1 aromatic carbocycles. The third kappa shape index (κ3) is 3.84. The van der Waals surface area contributed by atoms with E-state index >= 15 is 0 Å². The molecule has 1 fully saturated rings. The fraction of sp³-hybridized carbons (Fsp3) is 0.312. The predicted octanol–water partition coefficient (Wildman–Crippen LogP) is 2.62. The van der Waals surface area contributed by atoms with Crippen LogP contribution in [0.25, 0.3) is 6.08 Å². The molecule has 23 heavy (non-hydrogen) atoms. The first-order valence-corrected chi connectivity index (χ1v) is 8.96. The van der Waals surface area contributed by atoms with Gasteiger partial charge in [0.1, 0.15) is 0 Å². The minimum Gasteiger partial charge on any atom is -0.369 e. The van der Waals surface area contributed by atoms with E-state index in [4.69, 9.17) is 5.73 Å². The summed E-state index contributed by atoms with van der Waals surface area (Å²) >= 11 is 4.79. The number of hydrogen-bond donors (Lipinski definition) is 1. The Morgan fingerprint density at radius 3 is 2.57 bits per heavy atom. The Morgan fingerprint density at radius 2 is 1.96 bits per heavy atom.